The van der Waals surface area contributed by atoms with Crippen molar-refractivity contribution in [2.45, 2.75) is 6.54 Å². The summed E-state index contributed by atoms with van der Waals surface area (Å²) in [6.07, 6.45) is 1.77. The molecule has 0 fully saturated rings. The molecule has 0 aliphatic rings. The molecular weight excluding hydrogens is 272 g/mol. The maximum absolute atomic E-state index is 9.26. The summed E-state index contributed by atoms with van der Waals surface area (Å²) in [6.45, 7) is 0.648. The van der Waals surface area contributed by atoms with E-state index in [4.69, 9.17) is 11.6 Å². The van der Waals surface area contributed by atoms with Crippen molar-refractivity contribution in [2.75, 3.05) is 5.32 Å². The van der Waals surface area contributed by atoms with Gasteiger partial charge in [-0.05, 0) is 48.0 Å². The van der Waals surface area contributed by atoms with E-state index in [1.54, 1.807) is 18.3 Å². The Labute approximate surface area is 121 Å². The van der Waals surface area contributed by atoms with Crippen LogP contribution in [-0.4, -0.2) is 10.1 Å². The van der Waals surface area contributed by atoms with Gasteiger partial charge >= 0.3 is 0 Å². The summed E-state index contributed by atoms with van der Waals surface area (Å²) in [5.74, 6) is 0.258. The molecule has 4 heteroatoms. The van der Waals surface area contributed by atoms with Crippen LogP contribution in [0, 0.1) is 0 Å². The minimum Gasteiger partial charge on any atom is -0.508 e. The van der Waals surface area contributed by atoms with Gasteiger partial charge in [-0.25, -0.2) is 0 Å². The van der Waals surface area contributed by atoms with Crippen molar-refractivity contribution in [1.29, 1.82) is 0 Å². The van der Waals surface area contributed by atoms with Gasteiger partial charge in [0.1, 0.15) is 5.75 Å². The highest BCUT2D eigenvalue weighted by Gasteiger charge is 2.05. The van der Waals surface area contributed by atoms with Crippen molar-refractivity contribution in [3.8, 4) is 5.75 Å². The first-order chi connectivity index (χ1) is 9.74. The molecule has 0 atom stereocenters. The van der Waals surface area contributed by atoms with Crippen LogP contribution in [0.4, 0.5) is 5.69 Å². The van der Waals surface area contributed by atoms with E-state index >= 15 is 0 Å². The second-order valence-electron chi connectivity index (χ2n) is 4.51. The molecule has 3 nitrogen and oxygen atoms in total. The molecule has 0 aliphatic carbocycles. The van der Waals surface area contributed by atoms with Crippen LogP contribution in [0.1, 0.15) is 5.56 Å². The first-order valence-corrected chi connectivity index (χ1v) is 6.67. The second kappa shape index (κ2) is 5.39. The lowest BCUT2D eigenvalue weighted by atomic mass is 10.1. The number of halogens is 1. The molecule has 0 radical (unpaired) electrons. The molecule has 0 saturated heterocycles. The van der Waals surface area contributed by atoms with E-state index in [0.29, 0.717) is 11.6 Å². The van der Waals surface area contributed by atoms with Crippen LogP contribution in [0.2, 0.25) is 5.02 Å². The predicted molar refractivity (Wildman–Crippen MR) is 82.2 cm³/mol. The van der Waals surface area contributed by atoms with Crippen molar-refractivity contribution < 1.29 is 5.11 Å². The molecular formula is C16H13ClN2O. The third kappa shape index (κ3) is 2.53. The van der Waals surface area contributed by atoms with Gasteiger partial charge in [0.25, 0.3) is 0 Å². The molecule has 100 valence electrons. The number of anilines is 1. The zero-order valence-corrected chi connectivity index (χ0v) is 11.4. The maximum Gasteiger partial charge on any atom is 0.115 e. The van der Waals surface area contributed by atoms with Gasteiger partial charge < -0.3 is 10.4 Å². The molecule has 3 aromatic rings. The summed E-state index contributed by atoms with van der Waals surface area (Å²) >= 11 is 6.18. The molecule has 3 rings (SSSR count). The van der Waals surface area contributed by atoms with Crippen LogP contribution in [0.5, 0.6) is 5.75 Å². The fraction of sp³-hybridized carbons (Fsp3) is 0.0625. The maximum atomic E-state index is 9.26. The molecule has 0 amide bonds. The fourth-order valence-electron chi connectivity index (χ4n) is 2.12. The van der Waals surface area contributed by atoms with Crippen molar-refractivity contribution in [1.82, 2.24) is 4.98 Å². The number of hydrogen-bond acceptors (Lipinski definition) is 3. The van der Waals surface area contributed by atoms with Crippen molar-refractivity contribution >= 4 is 28.2 Å². The standard InChI is InChI=1S/C16H13ClN2O/c17-15-8-3-11(16-14(15)2-1-9-18-16)10-19-12-4-6-13(20)7-5-12/h1-9,19-20H,10H2. The molecule has 0 unspecified atom stereocenters. The van der Waals surface area contributed by atoms with Crippen molar-refractivity contribution in [3.05, 3.63) is 65.3 Å². The summed E-state index contributed by atoms with van der Waals surface area (Å²) in [6, 6.07) is 14.7. The number of phenols is 1. The number of benzene rings is 2. The molecule has 0 aliphatic heterocycles. The van der Waals surface area contributed by atoms with Gasteiger partial charge in [-0.15, -0.1) is 0 Å². The number of pyridine rings is 1. The van der Waals surface area contributed by atoms with Gasteiger partial charge in [0.05, 0.1) is 5.52 Å². The number of hydrogen-bond donors (Lipinski definition) is 2. The summed E-state index contributed by atoms with van der Waals surface area (Å²) in [5, 5.41) is 14.2. The summed E-state index contributed by atoms with van der Waals surface area (Å²) in [5.41, 5.74) is 2.94. The second-order valence-corrected chi connectivity index (χ2v) is 4.91. The van der Waals surface area contributed by atoms with Crippen LogP contribution < -0.4 is 5.32 Å². The lowest BCUT2D eigenvalue weighted by Crippen LogP contribution is -2.00. The average Bonchev–Trinajstić information content (AvgIpc) is 2.49. The topological polar surface area (TPSA) is 45.1 Å². The number of fused-ring (bicyclic) bond motifs is 1. The number of aromatic hydroxyl groups is 1. The Morgan fingerprint density at radius 2 is 1.85 bits per heavy atom. The van der Waals surface area contributed by atoms with Gasteiger partial charge in [0.15, 0.2) is 0 Å². The van der Waals surface area contributed by atoms with Gasteiger partial charge in [-0.1, -0.05) is 17.7 Å². The Kier molecular flexibility index (Phi) is 3.44. The van der Waals surface area contributed by atoms with Crippen LogP contribution in [-0.2, 0) is 6.54 Å². The van der Waals surface area contributed by atoms with Crippen LogP contribution in [0.3, 0.4) is 0 Å². The van der Waals surface area contributed by atoms with Gasteiger partial charge in [0.2, 0.25) is 0 Å². The molecule has 20 heavy (non-hydrogen) atoms. The minimum atomic E-state index is 0.258. The molecule has 1 aromatic heterocycles. The van der Waals surface area contributed by atoms with Crippen molar-refractivity contribution in [3.63, 3.8) is 0 Å². The number of aromatic nitrogens is 1. The molecule has 0 saturated carbocycles. The van der Waals surface area contributed by atoms with E-state index in [0.717, 1.165) is 22.2 Å². The Morgan fingerprint density at radius 3 is 2.65 bits per heavy atom. The highest BCUT2D eigenvalue weighted by Crippen LogP contribution is 2.25. The van der Waals surface area contributed by atoms with Gasteiger partial charge in [-0.3, -0.25) is 4.98 Å². The van der Waals surface area contributed by atoms with Gasteiger partial charge in [0, 0.05) is 28.8 Å². The first kappa shape index (κ1) is 12.8. The van der Waals surface area contributed by atoms with E-state index in [9.17, 15) is 5.11 Å². The van der Waals surface area contributed by atoms with Crippen molar-refractivity contribution in [2.24, 2.45) is 0 Å². The SMILES string of the molecule is Oc1ccc(NCc2ccc(Cl)c3cccnc23)cc1. The zero-order chi connectivity index (χ0) is 13.9. The quantitative estimate of drug-likeness (QED) is 0.708. The molecule has 1 heterocycles. The zero-order valence-electron chi connectivity index (χ0n) is 10.7. The van der Waals surface area contributed by atoms with Crippen LogP contribution in [0.15, 0.2) is 54.7 Å². The first-order valence-electron chi connectivity index (χ1n) is 6.29. The molecule has 2 aromatic carbocycles. The number of phenolic OH excluding ortho intramolecular Hbond substituents is 1. The predicted octanol–water partition coefficient (Wildman–Crippen LogP) is 4.21. The molecule has 0 bridgehead atoms. The van der Waals surface area contributed by atoms with E-state index in [2.05, 4.69) is 10.3 Å². The van der Waals surface area contributed by atoms with E-state index in [-0.39, 0.29) is 5.75 Å². The third-order valence-electron chi connectivity index (χ3n) is 3.15. The van der Waals surface area contributed by atoms with E-state index in [1.807, 2.05) is 36.4 Å². The lowest BCUT2D eigenvalue weighted by Gasteiger charge is -2.09. The third-order valence-corrected chi connectivity index (χ3v) is 3.48. The fourth-order valence-corrected chi connectivity index (χ4v) is 2.33. The van der Waals surface area contributed by atoms with E-state index in [1.165, 1.54) is 0 Å². The highest BCUT2D eigenvalue weighted by atomic mass is 35.5. The molecule has 0 spiro atoms. The molecule has 2 N–H and O–H groups in total. The van der Waals surface area contributed by atoms with Crippen LogP contribution in [0.25, 0.3) is 10.9 Å². The Bertz CT molecular complexity index is 741. The summed E-state index contributed by atoms with van der Waals surface area (Å²) in [7, 11) is 0. The number of rotatable bonds is 3. The summed E-state index contributed by atoms with van der Waals surface area (Å²) in [4.78, 5) is 4.40. The summed E-state index contributed by atoms with van der Waals surface area (Å²) < 4.78 is 0. The Morgan fingerprint density at radius 1 is 1.05 bits per heavy atom. The minimum absolute atomic E-state index is 0.258. The number of nitrogens with zero attached hydrogens (tertiary/aromatic N) is 1. The highest BCUT2D eigenvalue weighted by molar-refractivity contribution is 6.35. The largest absolute Gasteiger partial charge is 0.508 e. The Balaban J connectivity index is 1.88. The van der Waals surface area contributed by atoms with Crippen LogP contribution >= 0.6 is 11.6 Å². The average molecular weight is 285 g/mol. The number of nitrogens with one attached hydrogen (secondary N) is 1. The monoisotopic (exact) mass is 284 g/mol. The smallest absolute Gasteiger partial charge is 0.115 e. The van der Waals surface area contributed by atoms with E-state index < -0.39 is 0 Å². The Hall–Kier alpha value is -2.26. The normalized spacial score (nSPS) is 10.7. The lowest BCUT2D eigenvalue weighted by molar-refractivity contribution is 0.475. The van der Waals surface area contributed by atoms with Gasteiger partial charge in [-0.2, -0.15) is 0 Å².